The number of rotatable bonds is 2. The molecule has 0 aliphatic carbocycles. The molecule has 16 heavy (non-hydrogen) atoms. The van der Waals surface area contributed by atoms with Crippen molar-refractivity contribution in [2.24, 2.45) is 7.05 Å². The maximum atomic E-state index is 4.50. The highest BCUT2D eigenvalue weighted by Gasteiger charge is 2.13. The van der Waals surface area contributed by atoms with E-state index in [2.05, 4.69) is 59.1 Å². The average Bonchev–Trinajstić information content (AvgIpc) is 2.56. The van der Waals surface area contributed by atoms with Gasteiger partial charge in [-0.3, -0.25) is 4.68 Å². The van der Waals surface area contributed by atoms with E-state index in [0.717, 1.165) is 22.3 Å². The highest BCUT2D eigenvalue weighted by Crippen LogP contribution is 2.30. The molecule has 0 saturated carbocycles. The van der Waals surface area contributed by atoms with Gasteiger partial charge in [0, 0.05) is 12.6 Å². The molecule has 3 heteroatoms. The lowest BCUT2D eigenvalue weighted by Gasteiger charge is -2.03. The zero-order valence-electron chi connectivity index (χ0n) is 9.79. The van der Waals surface area contributed by atoms with Gasteiger partial charge in [-0.2, -0.15) is 5.10 Å². The quantitative estimate of drug-likeness (QED) is 0.819. The SMILES string of the molecule is CCc1nn(C)c(-c2ccc(C)cc2)c1Br. The maximum absolute atomic E-state index is 4.50. The van der Waals surface area contributed by atoms with Crippen LogP contribution in [0.4, 0.5) is 0 Å². The highest BCUT2D eigenvalue weighted by atomic mass is 79.9. The van der Waals surface area contributed by atoms with Gasteiger partial charge in [-0.15, -0.1) is 0 Å². The van der Waals surface area contributed by atoms with E-state index in [1.165, 1.54) is 11.1 Å². The molecule has 0 fully saturated rings. The van der Waals surface area contributed by atoms with Gasteiger partial charge in [0.1, 0.15) is 0 Å². The number of hydrogen-bond acceptors (Lipinski definition) is 1. The van der Waals surface area contributed by atoms with Crippen molar-refractivity contribution in [1.82, 2.24) is 9.78 Å². The minimum Gasteiger partial charge on any atom is -0.266 e. The van der Waals surface area contributed by atoms with Crippen molar-refractivity contribution >= 4 is 15.9 Å². The van der Waals surface area contributed by atoms with E-state index in [1.54, 1.807) is 0 Å². The van der Waals surface area contributed by atoms with E-state index >= 15 is 0 Å². The minimum absolute atomic E-state index is 0.945. The zero-order chi connectivity index (χ0) is 11.7. The molecule has 84 valence electrons. The van der Waals surface area contributed by atoms with Crippen LogP contribution in [-0.4, -0.2) is 9.78 Å². The van der Waals surface area contributed by atoms with Crippen molar-refractivity contribution in [2.45, 2.75) is 20.3 Å². The second-order valence-electron chi connectivity index (χ2n) is 3.95. The second-order valence-corrected chi connectivity index (χ2v) is 4.75. The van der Waals surface area contributed by atoms with Crippen LogP contribution in [0.2, 0.25) is 0 Å². The van der Waals surface area contributed by atoms with Crippen molar-refractivity contribution in [1.29, 1.82) is 0 Å². The molecule has 1 aromatic carbocycles. The van der Waals surface area contributed by atoms with E-state index in [9.17, 15) is 0 Å². The lowest BCUT2D eigenvalue weighted by molar-refractivity contribution is 0.753. The van der Waals surface area contributed by atoms with Gasteiger partial charge in [0.05, 0.1) is 15.9 Å². The predicted molar refractivity (Wildman–Crippen MR) is 70.5 cm³/mol. The summed E-state index contributed by atoms with van der Waals surface area (Å²) < 4.78 is 3.05. The van der Waals surface area contributed by atoms with Crippen LogP contribution in [0.5, 0.6) is 0 Å². The minimum atomic E-state index is 0.945. The Morgan fingerprint density at radius 3 is 2.38 bits per heavy atom. The summed E-state index contributed by atoms with van der Waals surface area (Å²) in [6.07, 6.45) is 0.945. The average molecular weight is 279 g/mol. The van der Waals surface area contributed by atoms with Crippen LogP contribution >= 0.6 is 15.9 Å². The fraction of sp³-hybridized carbons (Fsp3) is 0.308. The molecule has 2 rings (SSSR count). The maximum Gasteiger partial charge on any atom is 0.0824 e. The molecule has 0 N–H and O–H groups in total. The third kappa shape index (κ3) is 1.92. The van der Waals surface area contributed by atoms with Gasteiger partial charge in [-0.05, 0) is 29.3 Å². The summed E-state index contributed by atoms with van der Waals surface area (Å²) in [4.78, 5) is 0. The van der Waals surface area contributed by atoms with Gasteiger partial charge >= 0.3 is 0 Å². The fourth-order valence-corrected chi connectivity index (χ4v) is 2.65. The molecule has 0 radical (unpaired) electrons. The molecule has 1 aromatic heterocycles. The van der Waals surface area contributed by atoms with Crippen LogP contribution in [0.15, 0.2) is 28.7 Å². The molecule has 0 saturated heterocycles. The van der Waals surface area contributed by atoms with Crippen LogP contribution in [-0.2, 0) is 13.5 Å². The smallest absolute Gasteiger partial charge is 0.0824 e. The normalized spacial score (nSPS) is 10.8. The molecule has 2 nitrogen and oxygen atoms in total. The molecule has 0 spiro atoms. The molecule has 0 aliphatic rings. The Labute approximate surface area is 104 Å². The number of nitrogens with zero attached hydrogens (tertiary/aromatic N) is 2. The molecule has 0 unspecified atom stereocenters. The Morgan fingerprint density at radius 2 is 1.88 bits per heavy atom. The van der Waals surface area contributed by atoms with Crippen LogP contribution < -0.4 is 0 Å². The fourth-order valence-electron chi connectivity index (χ4n) is 1.80. The third-order valence-corrected chi connectivity index (χ3v) is 3.55. The predicted octanol–water partition coefficient (Wildman–Crippen LogP) is 3.72. The zero-order valence-corrected chi connectivity index (χ0v) is 11.4. The first kappa shape index (κ1) is 11.4. The first-order chi connectivity index (χ1) is 7.63. The van der Waals surface area contributed by atoms with E-state index in [-0.39, 0.29) is 0 Å². The van der Waals surface area contributed by atoms with E-state index < -0.39 is 0 Å². The molecule has 0 bridgehead atoms. The van der Waals surface area contributed by atoms with Gasteiger partial charge in [-0.1, -0.05) is 36.8 Å². The molecule has 0 aliphatic heterocycles. The van der Waals surface area contributed by atoms with E-state index in [4.69, 9.17) is 0 Å². The summed E-state index contributed by atoms with van der Waals surface area (Å²) in [5, 5.41) is 4.50. The molecular weight excluding hydrogens is 264 g/mol. The van der Waals surface area contributed by atoms with E-state index in [0.29, 0.717) is 0 Å². The number of aryl methyl sites for hydroxylation is 3. The summed E-state index contributed by atoms with van der Waals surface area (Å²) in [7, 11) is 1.99. The van der Waals surface area contributed by atoms with Gasteiger partial charge in [0.2, 0.25) is 0 Å². The van der Waals surface area contributed by atoms with Crippen molar-refractivity contribution in [3.63, 3.8) is 0 Å². The molecule has 0 amide bonds. The highest BCUT2D eigenvalue weighted by molar-refractivity contribution is 9.10. The van der Waals surface area contributed by atoms with Gasteiger partial charge in [0.25, 0.3) is 0 Å². The second kappa shape index (κ2) is 4.42. The summed E-state index contributed by atoms with van der Waals surface area (Å²) in [6.45, 7) is 4.21. The van der Waals surface area contributed by atoms with Gasteiger partial charge in [0.15, 0.2) is 0 Å². The van der Waals surface area contributed by atoms with Crippen molar-refractivity contribution < 1.29 is 0 Å². The number of halogens is 1. The molecule has 1 heterocycles. The van der Waals surface area contributed by atoms with Gasteiger partial charge in [-0.25, -0.2) is 0 Å². The Balaban J connectivity index is 2.55. The first-order valence-electron chi connectivity index (χ1n) is 5.42. The van der Waals surface area contributed by atoms with Crippen LogP contribution in [0, 0.1) is 6.92 Å². The summed E-state index contributed by atoms with van der Waals surface area (Å²) in [5.41, 5.74) is 4.74. The Kier molecular flexibility index (Phi) is 3.15. The Hall–Kier alpha value is -1.09. The van der Waals surface area contributed by atoms with Crippen LogP contribution in [0.25, 0.3) is 11.3 Å². The van der Waals surface area contributed by atoms with E-state index in [1.807, 2.05) is 11.7 Å². The molecule has 2 aromatic rings. The number of hydrogen-bond donors (Lipinski definition) is 0. The van der Waals surface area contributed by atoms with Crippen molar-refractivity contribution in [2.75, 3.05) is 0 Å². The van der Waals surface area contributed by atoms with Gasteiger partial charge < -0.3 is 0 Å². The summed E-state index contributed by atoms with van der Waals surface area (Å²) in [5.74, 6) is 0. The standard InChI is InChI=1S/C13H15BrN2/c1-4-11-12(14)13(16(3)15-11)10-7-5-9(2)6-8-10/h5-8H,4H2,1-3H3. The Morgan fingerprint density at radius 1 is 1.25 bits per heavy atom. The lowest BCUT2D eigenvalue weighted by Crippen LogP contribution is -1.94. The molecular formula is C13H15BrN2. The molecule has 0 atom stereocenters. The topological polar surface area (TPSA) is 17.8 Å². The Bertz CT molecular complexity index is 497. The largest absolute Gasteiger partial charge is 0.266 e. The monoisotopic (exact) mass is 278 g/mol. The summed E-state index contributed by atoms with van der Waals surface area (Å²) >= 11 is 3.63. The lowest BCUT2D eigenvalue weighted by atomic mass is 10.1. The third-order valence-electron chi connectivity index (χ3n) is 2.72. The number of aromatic nitrogens is 2. The van der Waals surface area contributed by atoms with Crippen LogP contribution in [0.3, 0.4) is 0 Å². The first-order valence-corrected chi connectivity index (χ1v) is 6.21. The summed E-state index contributed by atoms with van der Waals surface area (Å²) in [6, 6.07) is 8.52. The van der Waals surface area contributed by atoms with Crippen molar-refractivity contribution in [3.05, 3.63) is 40.0 Å². The van der Waals surface area contributed by atoms with Crippen molar-refractivity contribution in [3.8, 4) is 11.3 Å². The van der Waals surface area contributed by atoms with Crippen LogP contribution in [0.1, 0.15) is 18.2 Å². The number of benzene rings is 1.